The van der Waals surface area contributed by atoms with Gasteiger partial charge in [-0.25, -0.2) is 0 Å². The minimum Gasteiger partial charge on any atom is -0.378 e. The summed E-state index contributed by atoms with van der Waals surface area (Å²) < 4.78 is 5.41. The van der Waals surface area contributed by atoms with Gasteiger partial charge in [0.05, 0.1) is 36.9 Å². The van der Waals surface area contributed by atoms with Gasteiger partial charge < -0.3 is 14.5 Å². The molecule has 1 aliphatic carbocycles. The van der Waals surface area contributed by atoms with E-state index >= 15 is 0 Å². The highest BCUT2D eigenvalue weighted by molar-refractivity contribution is 6.25. The summed E-state index contributed by atoms with van der Waals surface area (Å²) in [4.78, 5) is 33.8. The Kier molecular flexibility index (Phi) is 4.58. The van der Waals surface area contributed by atoms with Crippen molar-refractivity contribution in [3.8, 4) is 0 Å². The van der Waals surface area contributed by atoms with Crippen LogP contribution in [0.4, 0.5) is 0 Å². The molecule has 0 spiro atoms. The number of allylic oxidation sites excluding steroid dienone is 2. The molecule has 0 bridgehead atoms. The van der Waals surface area contributed by atoms with Crippen molar-refractivity contribution in [3.05, 3.63) is 23.3 Å². The van der Waals surface area contributed by atoms with Gasteiger partial charge in [-0.05, 0) is 12.3 Å². The van der Waals surface area contributed by atoms with E-state index in [0.29, 0.717) is 43.9 Å². The molecular formula is C18H25N3O3. The molecule has 0 atom stereocenters. The Morgan fingerprint density at radius 1 is 1.17 bits per heavy atom. The van der Waals surface area contributed by atoms with Crippen LogP contribution in [0.25, 0.3) is 0 Å². The molecule has 2 heterocycles. The van der Waals surface area contributed by atoms with Crippen LogP contribution in [-0.2, 0) is 14.3 Å². The summed E-state index contributed by atoms with van der Waals surface area (Å²) in [5.41, 5.74) is 0.704. The third-order valence-corrected chi connectivity index (χ3v) is 4.70. The lowest BCUT2D eigenvalue weighted by Gasteiger charge is -2.40. The molecule has 0 radical (unpaired) electrons. The lowest BCUT2D eigenvalue weighted by atomic mass is 9.73. The molecule has 0 unspecified atom stereocenters. The quantitative estimate of drug-likeness (QED) is 0.570. The highest BCUT2D eigenvalue weighted by Gasteiger charge is 2.39. The van der Waals surface area contributed by atoms with Gasteiger partial charge in [-0.3, -0.25) is 14.6 Å². The maximum atomic E-state index is 12.6. The van der Waals surface area contributed by atoms with Gasteiger partial charge in [0.25, 0.3) is 0 Å². The SMILES string of the molecule is CCN1C(N2CCOCC2)=CN=CC1=C1C(=O)CC(C)(C)CC1=O. The predicted molar refractivity (Wildman–Crippen MR) is 91.4 cm³/mol. The van der Waals surface area contributed by atoms with Crippen LogP contribution >= 0.6 is 0 Å². The molecule has 2 aliphatic heterocycles. The molecule has 0 aromatic heterocycles. The second-order valence-corrected chi connectivity index (χ2v) is 7.23. The number of hydrogen-bond acceptors (Lipinski definition) is 6. The molecule has 1 saturated heterocycles. The van der Waals surface area contributed by atoms with Gasteiger partial charge in [0.2, 0.25) is 0 Å². The van der Waals surface area contributed by atoms with E-state index in [1.165, 1.54) is 0 Å². The second-order valence-electron chi connectivity index (χ2n) is 7.23. The maximum absolute atomic E-state index is 12.6. The topological polar surface area (TPSA) is 62.2 Å². The summed E-state index contributed by atoms with van der Waals surface area (Å²) in [6.45, 7) is 9.57. The van der Waals surface area contributed by atoms with Gasteiger partial charge >= 0.3 is 0 Å². The number of Topliss-reactive ketones (excluding diaryl/α,β-unsaturated/α-hetero) is 2. The first-order valence-electron chi connectivity index (χ1n) is 8.57. The average molecular weight is 331 g/mol. The Labute approximate surface area is 142 Å². The van der Waals surface area contributed by atoms with Crippen LogP contribution in [-0.4, -0.2) is 60.4 Å². The highest BCUT2D eigenvalue weighted by atomic mass is 16.5. The Balaban J connectivity index is 1.96. The van der Waals surface area contributed by atoms with Gasteiger partial charge in [0.15, 0.2) is 11.6 Å². The molecule has 3 rings (SSSR count). The van der Waals surface area contributed by atoms with Crippen molar-refractivity contribution in [2.24, 2.45) is 10.4 Å². The molecule has 6 nitrogen and oxygen atoms in total. The van der Waals surface area contributed by atoms with Crippen molar-refractivity contribution >= 4 is 17.8 Å². The summed E-state index contributed by atoms with van der Waals surface area (Å²) in [7, 11) is 0. The van der Waals surface area contributed by atoms with Gasteiger partial charge in [-0.1, -0.05) is 13.8 Å². The number of morpholine rings is 1. The number of carbonyl (C=O) groups is 2. The number of carbonyl (C=O) groups excluding carboxylic acids is 2. The molecule has 0 aromatic carbocycles. The van der Waals surface area contributed by atoms with E-state index in [1.807, 2.05) is 25.7 Å². The summed E-state index contributed by atoms with van der Waals surface area (Å²) in [6, 6.07) is 0. The first-order chi connectivity index (χ1) is 11.4. The largest absolute Gasteiger partial charge is 0.378 e. The van der Waals surface area contributed by atoms with Crippen LogP contribution in [0.3, 0.4) is 0 Å². The molecule has 0 aromatic rings. The summed E-state index contributed by atoms with van der Waals surface area (Å²) in [5, 5.41) is 0. The van der Waals surface area contributed by atoms with Crippen molar-refractivity contribution in [1.29, 1.82) is 0 Å². The van der Waals surface area contributed by atoms with Crippen LogP contribution < -0.4 is 0 Å². The fourth-order valence-electron chi connectivity index (χ4n) is 3.56. The Hall–Kier alpha value is -1.95. The van der Waals surface area contributed by atoms with Gasteiger partial charge in [0.1, 0.15) is 5.82 Å². The second kappa shape index (κ2) is 6.51. The number of nitrogens with zero attached hydrogens (tertiary/aromatic N) is 3. The smallest absolute Gasteiger partial charge is 0.169 e. The molecule has 1 saturated carbocycles. The third-order valence-electron chi connectivity index (χ3n) is 4.70. The highest BCUT2D eigenvalue weighted by Crippen LogP contribution is 2.36. The molecule has 24 heavy (non-hydrogen) atoms. The van der Waals surface area contributed by atoms with Crippen molar-refractivity contribution < 1.29 is 14.3 Å². The lowest BCUT2D eigenvalue weighted by molar-refractivity contribution is -0.127. The van der Waals surface area contributed by atoms with Crippen LogP contribution in [0.5, 0.6) is 0 Å². The Morgan fingerprint density at radius 3 is 2.38 bits per heavy atom. The van der Waals surface area contributed by atoms with Crippen LogP contribution in [0.2, 0.25) is 0 Å². The minimum atomic E-state index is -0.260. The van der Waals surface area contributed by atoms with E-state index in [4.69, 9.17) is 4.74 Å². The first-order valence-corrected chi connectivity index (χ1v) is 8.57. The zero-order valence-electron chi connectivity index (χ0n) is 14.7. The van der Waals surface area contributed by atoms with Crippen molar-refractivity contribution in [2.75, 3.05) is 32.8 Å². The van der Waals surface area contributed by atoms with E-state index in [0.717, 1.165) is 18.9 Å². The standard InChI is InChI=1S/C18H25N3O3/c1-4-21-13(17-14(22)9-18(2,3)10-15(17)23)11-19-12-16(21)20-5-7-24-8-6-20/h11-12H,4-10H2,1-3H3. The molecule has 3 aliphatic rings. The van der Waals surface area contributed by atoms with Crippen LogP contribution in [0.1, 0.15) is 33.6 Å². The van der Waals surface area contributed by atoms with Crippen molar-refractivity contribution in [3.63, 3.8) is 0 Å². The molecule has 0 N–H and O–H groups in total. The van der Waals surface area contributed by atoms with E-state index in [1.54, 1.807) is 12.4 Å². The maximum Gasteiger partial charge on any atom is 0.169 e. The Morgan fingerprint density at radius 2 is 1.79 bits per heavy atom. The van der Waals surface area contributed by atoms with E-state index in [-0.39, 0.29) is 17.0 Å². The fraction of sp³-hybridized carbons (Fsp3) is 0.611. The zero-order valence-corrected chi connectivity index (χ0v) is 14.7. The number of ether oxygens (including phenoxy) is 1. The van der Waals surface area contributed by atoms with Gasteiger partial charge in [-0.2, -0.15) is 0 Å². The first kappa shape index (κ1) is 16.9. The van der Waals surface area contributed by atoms with E-state index in [2.05, 4.69) is 9.89 Å². The number of hydrogen-bond donors (Lipinski definition) is 0. The van der Waals surface area contributed by atoms with E-state index < -0.39 is 0 Å². The van der Waals surface area contributed by atoms with Gasteiger partial charge in [-0.15, -0.1) is 0 Å². The molecular weight excluding hydrogens is 306 g/mol. The van der Waals surface area contributed by atoms with Crippen molar-refractivity contribution in [1.82, 2.24) is 9.80 Å². The molecule has 6 heteroatoms. The fourth-order valence-corrected chi connectivity index (χ4v) is 3.56. The summed E-state index contributed by atoms with van der Waals surface area (Å²) in [5.74, 6) is 0.801. The number of aliphatic imine (C=N–C) groups is 1. The normalized spacial score (nSPS) is 24.5. The molecule has 2 fully saturated rings. The number of rotatable bonds is 2. The average Bonchev–Trinajstić information content (AvgIpc) is 2.53. The van der Waals surface area contributed by atoms with Crippen LogP contribution in [0.15, 0.2) is 28.3 Å². The van der Waals surface area contributed by atoms with Gasteiger partial charge in [0, 0.05) is 32.5 Å². The van der Waals surface area contributed by atoms with Crippen molar-refractivity contribution in [2.45, 2.75) is 33.6 Å². The van der Waals surface area contributed by atoms with E-state index in [9.17, 15) is 9.59 Å². The lowest BCUT2D eigenvalue weighted by Crippen LogP contribution is -2.44. The number of ketones is 2. The minimum absolute atomic E-state index is 0.0700. The molecule has 0 amide bonds. The summed E-state index contributed by atoms with van der Waals surface area (Å²) in [6.07, 6.45) is 4.26. The summed E-state index contributed by atoms with van der Waals surface area (Å²) >= 11 is 0. The molecule has 130 valence electrons. The zero-order chi connectivity index (χ0) is 17.3. The Bertz CT molecular complexity index is 618. The monoisotopic (exact) mass is 331 g/mol. The predicted octanol–water partition coefficient (Wildman–Crippen LogP) is 1.74. The van der Waals surface area contributed by atoms with Crippen LogP contribution in [0, 0.1) is 5.41 Å². The third kappa shape index (κ3) is 3.15.